The summed E-state index contributed by atoms with van der Waals surface area (Å²) in [4.78, 5) is 41.7. The van der Waals surface area contributed by atoms with Crippen LogP contribution in [0, 0.1) is 6.92 Å². The minimum absolute atomic E-state index is 0.0560. The van der Waals surface area contributed by atoms with E-state index in [2.05, 4.69) is 10.6 Å². The third kappa shape index (κ3) is 8.23. The number of hydrogen-bond donors (Lipinski definition) is 3. The lowest BCUT2D eigenvalue weighted by Crippen LogP contribution is -2.53. The average Bonchev–Trinajstić information content (AvgIpc) is 2.85. The molecule has 1 fully saturated rings. The maximum Gasteiger partial charge on any atom is 0.408 e. The maximum absolute atomic E-state index is 13.9. The molecule has 0 aromatic heterocycles. The van der Waals surface area contributed by atoms with Crippen LogP contribution in [-0.4, -0.2) is 52.6 Å². The van der Waals surface area contributed by atoms with Crippen LogP contribution in [0.3, 0.4) is 0 Å². The summed E-state index contributed by atoms with van der Waals surface area (Å²) < 4.78 is 5.43. The fraction of sp³-hybridized carbons (Fsp3) is 0.500. The van der Waals surface area contributed by atoms with Gasteiger partial charge >= 0.3 is 6.09 Å². The molecule has 0 aliphatic heterocycles. The molecule has 2 aromatic rings. The Morgan fingerprint density at radius 3 is 2.32 bits per heavy atom. The lowest BCUT2D eigenvalue weighted by Gasteiger charge is -2.33. The van der Waals surface area contributed by atoms with Gasteiger partial charge < -0.3 is 25.4 Å². The van der Waals surface area contributed by atoms with Crippen molar-refractivity contribution >= 4 is 17.9 Å². The SMILES string of the molecule is Cc1cc(C(C(=O)NC2CCCCC2)N(C)C(=O)C(Cc2ccccc2)NC(=O)OC(C)(C)C)ccc1O. The van der Waals surface area contributed by atoms with E-state index in [1.54, 1.807) is 46.9 Å². The molecule has 8 heteroatoms. The van der Waals surface area contributed by atoms with Crippen molar-refractivity contribution in [2.24, 2.45) is 0 Å². The molecule has 2 unspecified atom stereocenters. The Bertz CT molecular complexity index is 1110. The van der Waals surface area contributed by atoms with Gasteiger partial charge in [-0.25, -0.2) is 4.79 Å². The third-order valence-electron chi connectivity index (χ3n) is 6.74. The second-order valence-corrected chi connectivity index (χ2v) is 11.1. The van der Waals surface area contributed by atoms with Gasteiger partial charge in [-0.2, -0.15) is 0 Å². The van der Waals surface area contributed by atoms with Crippen molar-refractivity contribution < 1.29 is 24.2 Å². The van der Waals surface area contributed by atoms with Crippen molar-refractivity contribution in [3.63, 3.8) is 0 Å². The molecule has 1 aliphatic carbocycles. The minimum Gasteiger partial charge on any atom is -0.508 e. The Balaban J connectivity index is 1.91. The number of nitrogens with one attached hydrogen (secondary N) is 2. The van der Waals surface area contributed by atoms with Crippen LogP contribution in [0.1, 0.15) is 75.6 Å². The van der Waals surface area contributed by atoms with Gasteiger partial charge in [0.15, 0.2) is 0 Å². The zero-order valence-corrected chi connectivity index (χ0v) is 23.1. The van der Waals surface area contributed by atoms with Crippen molar-refractivity contribution in [3.05, 3.63) is 65.2 Å². The summed E-state index contributed by atoms with van der Waals surface area (Å²) in [6, 6.07) is 12.4. The summed E-state index contributed by atoms with van der Waals surface area (Å²) >= 11 is 0. The number of rotatable bonds is 8. The molecule has 0 radical (unpaired) electrons. The first-order valence-corrected chi connectivity index (χ1v) is 13.3. The minimum atomic E-state index is -0.958. The molecule has 2 aromatic carbocycles. The molecule has 0 spiro atoms. The Morgan fingerprint density at radius 2 is 1.71 bits per heavy atom. The molecule has 38 heavy (non-hydrogen) atoms. The highest BCUT2D eigenvalue weighted by molar-refractivity contribution is 5.92. The van der Waals surface area contributed by atoms with Crippen LogP contribution in [0.2, 0.25) is 0 Å². The maximum atomic E-state index is 13.9. The molecule has 0 heterocycles. The largest absolute Gasteiger partial charge is 0.508 e. The Kier molecular flexibility index (Phi) is 9.78. The average molecular weight is 524 g/mol. The van der Waals surface area contributed by atoms with E-state index in [9.17, 15) is 19.5 Å². The van der Waals surface area contributed by atoms with Gasteiger partial charge in [0, 0.05) is 19.5 Å². The lowest BCUT2D eigenvalue weighted by atomic mass is 9.94. The van der Waals surface area contributed by atoms with Crippen molar-refractivity contribution in [1.29, 1.82) is 0 Å². The predicted octanol–water partition coefficient (Wildman–Crippen LogP) is 4.79. The van der Waals surface area contributed by atoms with Gasteiger partial charge in [-0.15, -0.1) is 0 Å². The Morgan fingerprint density at radius 1 is 1.05 bits per heavy atom. The van der Waals surface area contributed by atoms with E-state index in [1.165, 1.54) is 11.0 Å². The quantitative estimate of drug-likeness (QED) is 0.461. The number of ether oxygens (including phenoxy) is 1. The number of hydrogen-bond acceptors (Lipinski definition) is 5. The van der Waals surface area contributed by atoms with Crippen LogP contribution in [0.25, 0.3) is 0 Å². The summed E-state index contributed by atoms with van der Waals surface area (Å²) in [5, 5.41) is 15.9. The van der Waals surface area contributed by atoms with Crippen LogP contribution in [-0.2, 0) is 20.7 Å². The highest BCUT2D eigenvalue weighted by Gasteiger charge is 2.35. The molecule has 3 N–H and O–H groups in total. The Hall–Kier alpha value is -3.55. The zero-order valence-electron chi connectivity index (χ0n) is 23.1. The van der Waals surface area contributed by atoms with Gasteiger partial charge in [0.2, 0.25) is 11.8 Å². The summed E-state index contributed by atoms with van der Waals surface area (Å²) in [5.74, 6) is -0.592. The van der Waals surface area contributed by atoms with Gasteiger partial charge in [0.1, 0.15) is 23.4 Å². The summed E-state index contributed by atoms with van der Waals surface area (Å²) in [6.45, 7) is 7.02. The number of nitrogens with zero attached hydrogens (tertiary/aromatic N) is 1. The first kappa shape index (κ1) is 29.0. The predicted molar refractivity (Wildman–Crippen MR) is 147 cm³/mol. The van der Waals surface area contributed by atoms with Gasteiger partial charge in [0.25, 0.3) is 0 Å². The van der Waals surface area contributed by atoms with Crippen molar-refractivity contribution in [2.75, 3.05) is 7.05 Å². The highest BCUT2D eigenvalue weighted by Crippen LogP contribution is 2.27. The van der Waals surface area contributed by atoms with E-state index in [-0.39, 0.29) is 24.1 Å². The molecule has 3 amide bonds. The molecule has 0 bridgehead atoms. The van der Waals surface area contributed by atoms with Crippen LogP contribution in [0.5, 0.6) is 5.75 Å². The standard InChI is InChI=1S/C30H41N3O5/c1-20-18-22(16-17-25(20)34)26(27(35)31-23-14-10-7-11-15-23)33(5)28(36)24(19-21-12-8-6-9-13-21)32-29(37)38-30(2,3)4/h6,8-9,12-13,16-18,23-24,26,34H,7,10-11,14-15,19H2,1-5H3,(H,31,35)(H,32,37). The first-order chi connectivity index (χ1) is 17.9. The fourth-order valence-electron chi connectivity index (χ4n) is 4.80. The highest BCUT2D eigenvalue weighted by atomic mass is 16.6. The number of carbonyl (C=O) groups is 3. The number of aromatic hydroxyl groups is 1. The second-order valence-electron chi connectivity index (χ2n) is 11.1. The van der Waals surface area contributed by atoms with Crippen LogP contribution in [0.4, 0.5) is 4.79 Å². The molecular formula is C30H41N3O5. The van der Waals surface area contributed by atoms with Gasteiger partial charge in [-0.05, 0) is 69.4 Å². The van der Waals surface area contributed by atoms with E-state index in [1.807, 2.05) is 30.3 Å². The summed E-state index contributed by atoms with van der Waals surface area (Å²) in [6.07, 6.45) is 4.60. The smallest absolute Gasteiger partial charge is 0.408 e. The molecule has 206 valence electrons. The molecule has 0 saturated heterocycles. The molecule has 3 rings (SSSR count). The molecule has 1 aliphatic rings. The van der Waals surface area contributed by atoms with E-state index in [0.29, 0.717) is 11.1 Å². The molecule has 2 atom stereocenters. The monoisotopic (exact) mass is 523 g/mol. The number of benzene rings is 2. The van der Waals surface area contributed by atoms with Crippen LogP contribution >= 0.6 is 0 Å². The first-order valence-electron chi connectivity index (χ1n) is 13.3. The van der Waals surface area contributed by atoms with Crippen LogP contribution in [0.15, 0.2) is 48.5 Å². The lowest BCUT2D eigenvalue weighted by molar-refractivity contribution is -0.141. The fourth-order valence-corrected chi connectivity index (χ4v) is 4.80. The number of phenols is 1. The molecular weight excluding hydrogens is 482 g/mol. The third-order valence-corrected chi connectivity index (χ3v) is 6.74. The number of likely N-dealkylation sites (N-methyl/N-ethyl adjacent to an activating group) is 1. The van der Waals surface area contributed by atoms with Crippen LogP contribution < -0.4 is 10.6 Å². The van der Waals surface area contributed by atoms with Gasteiger partial charge in [-0.1, -0.05) is 55.7 Å². The van der Waals surface area contributed by atoms with Gasteiger partial charge in [0.05, 0.1) is 0 Å². The summed E-state index contributed by atoms with van der Waals surface area (Å²) in [7, 11) is 1.57. The summed E-state index contributed by atoms with van der Waals surface area (Å²) in [5.41, 5.74) is 1.31. The molecule has 8 nitrogen and oxygen atoms in total. The van der Waals surface area contributed by atoms with Crippen molar-refractivity contribution in [3.8, 4) is 5.75 Å². The zero-order chi connectivity index (χ0) is 27.9. The van der Waals surface area contributed by atoms with E-state index < -0.39 is 29.7 Å². The van der Waals surface area contributed by atoms with E-state index in [4.69, 9.17) is 4.74 Å². The van der Waals surface area contributed by atoms with E-state index >= 15 is 0 Å². The van der Waals surface area contributed by atoms with E-state index in [0.717, 1.165) is 37.7 Å². The number of amides is 3. The Labute approximate surface area is 225 Å². The number of alkyl carbamates (subject to hydrolysis) is 1. The number of phenolic OH excluding ortho intramolecular Hbond substituents is 1. The molecule has 1 saturated carbocycles. The number of carbonyl (C=O) groups excluding carboxylic acids is 3. The normalized spacial score (nSPS) is 15.7. The number of aryl methyl sites for hydroxylation is 1. The second kappa shape index (κ2) is 12.8. The van der Waals surface area contributed by atoms with Crippen molar-refractivity contribution in [1.82, 2.24) is 15.5 Å². The van der Waals surface area contributed by atoms with Gasteiger partial charge in [-0.3, -0.25) is 9.59 Å². The topological polar surface area (TPSA) is 108 Å². The van der Waals surface area contributed by atoms with Crippen molar-refractivity contribution in [2.45, 2.75) is 89.9 Å².